The molecule has 1 heterocycles. The molecule has 1 aromatic rings. The Hall–Kier alpha value is -1.69. The molecule has 0 bridgehead atoms. The molecule has 0 spiro atoms. The molecule has 1 aliphatic heterocycles. The number of hydrogen-bond donors (Lipinski definition) is 2. The number of carboxylic acids is 1. The van der Waals surface area contributed by atoms with Crippen LogP contribution >= 0.6 is 0 Å². The Kier molecular flexibility index (Phi) is 3.76. The lowest BCUT2D eigenvalue weighted by Crippen LogP contribution is -2.58. The number of nitrogens with one attached hydrogen (secondary N) is 1. The van der Waals surface area contributed by atoms with Crippen molar-refractivity contribution in [2.24, 2.45) is 5.92 Å². The largest absolute Gasteiger partial charge is 0.486 e. The van der Waals surface area contributed by atoms with Gasteiger partial charge in [-0.05, 0) is 12.1 Å². The molecule has 0 saturated carbocycles. The average molecular weight is 257 g/mol. The highest BCUT2D eigenvalue weighted by Gasteiger charge is 2.46. The Labute approximate surface area is 103 Å². The number of piperidine rings is 1. The molecule has 1 aliphatic rings. The topological polar surface area (TPSA) is 58.6 Å². The highest BCUT2D eigenvalue weighted by Crippen LogP contribution is 2.26. The molecule has 0 radical (unpaired) electrons. The first-order valence-electron chi connectivity index (χ1n) is 5.55. The van der Waals surface area contributed by atoms with E-state index in [0.29, 0.717) is 5.75 Å². The molecule has 18 heavy (non-hydrogen) atoms. The predicted molar refractivity (Wildman–Crippen MR) is 59.8 cm³/mol. The van der Waals surface area contributed by atoms with Crippen molar-refractivity contribution < 1.29 is 23.4 Å². The summed E-state index contributed by atoms with van der Waals surface area (Å²) in [5, 5.41) is 11.1. The van der Waals surface area contributed by atoms with Gasteiger partial charge in [-0.15, -0.1) is 0 Å². The van der Waals surface area contributed by atoms with Crippen LogP contribution in [0.5, 0.6) is 5.75 Å². The highest BCUT2D eigenvalue weighted by molar-refractivity contribution is 5.71. The molecule has 4 unspecified atom stereocenters. The van der Waals surface area contributed by atoms with Gasteiger partial charge in [0.05, 0.1) is 0 Å². The fourth-order valence-corrected chi connectivity index (χ4v) is 1.93. The van der Waals surface area contributed by atoms with Crippen LogP contribution in [0.15, 0.2) is 30.3 Å². The molecule has 4 atom stereocenters. The van der Waals surface area contributed by atoms with Crippen molar-refractivity contribution in [3.8, 4) is 5.75 Å². The number of aliphatic carboxylic acids is 1. The predicted octanol–water partition coefficient (Wildman–Crippen LogP) is 1.37. The first-order valence-corrected chi connectivity index (χ1v) is 5.55. The zero-order valence-electron chi connectivity index (χ0n) is 9.42. The van der Waals surface area contributed by atoms with Crippen molar-refractivity contribution in [3.05, 3.63) is 30.3 Å². The van der Waals surface area contributed by atoms with Crippen LogP contribution in [0.2, 0.25) is 0 Å². The van der Waals surface area contributed by atoms with E-state index in [9.17, 15) is 13.6 Å². The molecule has 2 rings (SSSR count). The second-order valence-electron chi connectivity index (χ2n) is 4.09. The number of rotatable bonds is 3. The summed E-state index contributed by atoms with van der Waals surface area (Å²) >= 11 is 0. The Morgan fingerprint density at radius 1 is 1.33 bits per heavy atom. The lowest BCUT2D eigenvalue weighted by atomic mass is 9.93. The van der Waals surface area contributed by atoms with Crippen LogP contribution in [-0.4, -0.2) is 36.2 Å². The van der Waals surface area contributed by atoms with Crippen LogP contribution < -0.4 is 10.1 Å². The summed E-state index contributed by atoms with van der Waals surface area (Å²) in [5.74, 6) is -2.65. The zero-order chi connectivity index (χ0) is 13.1. The number of hydrogen-bond acceptors (Lipinski definition) is 3. The van der Waals surface area contributed by atoms with Gasteiger partial charge in [-0.1, -0.05) is 18.2 Å². The standard InChI is InChI=1S/C12H13F2NO3/c13-8-6-15-11(14)9(12(16)17)10(8)18-7-4-2-1-3-5-7/h1-5,8-11,15H,6H2,(H,16,17). The summed E-state index contributed by atoms with van der Waals surface area (Å²) < 4.78 is 32.5. The van der Waals surface area contributed by atoms with Crippen LogP contribution in [0.3, 0.4) is 0 Å². The van der Waals surface area contributed by atoms with Gasteiger partial charge in [0.2, 0.25) is 0 Å². The molecule has 0 amide bonds. The zero-order valence-corrected chi connectivity index (χ0v) is 9.42. The summed E-state index contributed by atoms with van der Waals surface area (Å²) in [4.78, 5) is 11.0. The molecule has 1 fully saturated rings. The number of carbonyl (C=O) groups is 1. The van der Waals surface area contributed by atoms with E-state index in [1.165, 1.54) is 0 Å². The molecule has 98 valence electrons. The van der Waals surface area contributed by atoms with Gasteiger partial charge in [0, 0.05) is 6.54 Å². The van der Waals surface area contributed by atoms with E-state index in [-0.39, 0.29) is 6.54 Å². The van der Waals surface area contributed by atoms with E-state index in [4.69, 9.17) is 9.84 Å². The Balaban J connectivity index is 2.18. The van der Waals surface area contributed by atoms with Crippen molar-refractivity contribution in [3.63, 3.8) is 0 Å². The normalized spacial score (nSPS) is 31.9. The van der Waals surface area contributed by atoms with Gasteiger partial charge in [-0.25, -0.2) is 8.78 Å². The van der Waals surface area contributed by atoms with Crippen molar-refractivity contribution in [1.29, 1.82) is 0 Å². The van der Waals surface area contributed by atoms with Crippen molar-refractivity contribution in [1.82, 2.24) is 5.32 Å². The van der Waals surface area contributed by atoms with Crippen LogP contribution in [0.4, 0.5) is 8.78 Å². The van der Waals surface area contributed by atoms with Crippen LogP contribution in [0.1, 0.15) is 0 Å². The SMILES string of the molecule is O=C(O)C1C(F)NCC(F)C1Oc1ccccc1. The maximum atomic E-state index is 13.7. The van der Waals surface area contributed by atoms with Gasteiger partial charge in [0.25, 0.3) is 0 Å². The van der Waals surface area contributed by atoms with Gasteiger partial charge >= 0.3 is 5.97 Å². The second-order valence-corrected chi connectivity index (χ2v) is 4.09. The van der Waals surface area contributed by atoms with Crippen molar-refractivity contribution in [2.75, 3.05) is 6.54 Å². The Morgan fingerprint density at radius 3 is 2.61 bits per heavy atom. The minimum absolute atomic E-state index is 0.261. The molecular weight excluding hydrogens is 244 g/mol. The Bertz CT molecular complexity index is 415. The fraction of sp³-hybridized carbons (Fsp3) is 0.417. The van der Waals surface area contributed by atoms with E-state index in [1.807, 2.05) is 0 Å². The lowest BCUT2D eigenvalue weighted by Gasteiger charge is -2.34. The molecule has 1 aromatic carbocycles. The van der Waals surface area contributed by atoms with Gasteiger partial charge in [0.1, 0.15) is 17.8 Å². The minimum atomic E-state index is -1.82. The lowest BCUT2D eigenvalue weighted by molar-refractivity contribution is -0.154. The first kappa shape index (κ1) is 12.8. The smallest absolute Gasteiger partial charge is 0.314 e. The van der Waals surface area contributed by atoms with E-state index in [2.05, 4.69) is 5.32 Å². The molecule has 0 aliphatic carbocycles. The highest BCUT2D eigenvalue weighted by atomic mass is 19.1. The Morgan fingerprint density at radius 2 is 2.00 bits per heavy atom. The number of ether oxygens (including phenoxy) is 1. The van der Waals surface area contributed by atoms with E-state index < -0.39 is 30.5 Å². The third kappa shape index (κ3) is 2.59. The summed E-state index contributed by atoms with van der Waals surface area (Å²) in [5.41, 5.74) is 0. The second kappa shape index (κ2) is 5.30. The van der Waals surface area contributed by atoms with Crippen LogP contribution in [0.25, 0.3) is 0 Å². The number of para-hydroxylation sites is 1. The fourth-order valence-electron chi connectivity index (χ4n) is 1.93. The number of benzene rings is 1. The minimum Gasteiger partial charge on any atom is -0.486 e. The third-order valence-corrected chi connectivity index (χ3v) is 2.83. The first-order chi connectivity index (χ1) is 8.59. The molecule has 0 aromatic heterocycles. The van der Waals surface area contributed by atoms with Gasteiger partial charge in [0.15, 0.2) is 12.5 Å². The molecule has 1 saturated heterocycles. The van der Waals surface area contributed by atoms with E-state index in [1.54, 1.807) is 30.3 Å². The number of alkyl halides is 2. The van der Waals surface area contributed by atoms with Gasteiger partial charge < -0.3 is 9.84 Å². The maximum absolute atomic E-state index is 13.7. The summed E-state index contributed by atoms with van der Waals surface area (Å²) in [6, 6.07) is 8.23. The van der Waals surface area contributed by atoms with Crippen molar-refractivity contribution in [2.45, 2.75) is 18.6 Å². The van der Waals surface area contributed by atoms with E-state index >= 15 is 0 Å². The monoisotopic (exact) mass is 257 g/mol. The van der Waals surface area contributed by atoms with Crippen LogP contribution in [0, 0.1) is 5.92 Å². The summed E-state index contributed by atoms with van der Waals surface area (Å²) in [6.07, 6.45) is -4.72. The third-order valence-electron chi connectivity index (χ3n) is 2.83. The number of carboxylic acid groups (broad SMARTS) is 1. The molecular formula is C12H13F2NO3. The van der Waals surface area contributed by atoms with Gasteiger partial charge in [-0.3, -0.25) is 10.1 Å². The average Bonchev–Trinajstić information content (AvgIpc) is 2.35. The quantitative estimate of drug-likeness (QED) is 0.803. The van der Waals surface area contributed by atoms with Gasteiger partial charge in [-0.2, -0.15) is 0 Å². The molecule has 2 N–H and O–H groups in total. The number of halogens is 2. The molecule has 6 heteroatoms. The van der Waals surface area contributed by atoms with Crippen molar-refractivity contribution >= 4 is 5.97 Å². The molecule has 4 nitrogen and oxygen atoms in total. The summed E-state index contributed by atoms with van der Waals surface area (Å²) in [7, 11) is 0. The summed E-state index contributed by atoms with van der Waals surface area (Å²) in [6.45, 7) is -0.261. The van der Waals surface area contributed by atoms with E-state index in [0.717, 1.165) is 0 Å². The van der Waals surface area contributed by atoms with Crippen LogP contribution in [-0.2, 0) is 4.79 Å². The maximum Gasteiger partial charge on any atom is 0.314 e.